The zero-order valence-electron chi connectivity index (χ0n) is 13.8. The van der Waals surface area contributed by atoms with Crippen LogP contribution in [0.15, 0.2) is 60.8 Å². The highest BCUT2D eigenvalue weighted by atomic mass is 35.5. The number of benzene rings is 2. The fraction of sp³-hybridized carbons (Fsp3) is 0.0526. The smallest absolute Gasteiger partial charge is 0.274 e. The molecule has 1 amide bonds. The lowest BCUT2D eigenvalue weighted by molar-refractivity contribution is 0.102. The van der Waals surface area contributed by atoms with Crippen molar-refractivity contribution in [3.8, 4) is 5.75 Å². The van der Waals surface area contributed by atoms with Gasteiger partial charge in [0.2, 0.25) is 0 Å². The van der Waals surface area contributed by atoms with Crippen LogP contribution in [0.4, 0.5) is 17.1 Å². The van der Waals surface area contributed by atoms with E-state index >= 15 is 0 Å². The number of pyridine rings is 1. The van der Waals surface area contributed by atoms with Crippen molar-refractivity contribution in [2.24, 2.45) is 0 Å². The minimum absolute atomic E-state index is 0.249. The number of carbonyl (C=O) groups is 1. The maximum Gasteiger partial charge on any atom is 0.274 e. The van der Waals surface area contributed by atoms with Crippen LogP contribution in [-0.4, -0.2) is 18.0 Å². The first kappa shape index (κ1) is 18.0. The maximum atomic E-state index is 12.5. The summed E-state index contributed by atoms with van der Waals surface area (Å²) >= 11 is 12.2. The van der Waals surface area contributed by atoms with E-state index in [9.17, 15) is 4.79 Å². The van der Waals surface area contributed by atoms with E-state index in [1.165, 1.54) is 6.20 Å². The number of carbonyl (C=O) groups excluding carboxylic acids is 1. The van der Waals surface area contributed by atoms with E-state index in [1.54, 1.807) is 49.6 Å². The first-order valence-corrected chi connectivity index (χ1v) is 8.45. The Morgan fingerprint density at radius 1 is 1.04 bits per heavy atom. The summed E-state index contributed by atoms with van der Waals surface area (Å²) in [6, 6.07) is 15.8. The van der Waals surface area contributed by atoms with Gasteiger partial charge >= 0.3 is 0 Å². The molecule has 0 saturated carbocycles. The molecule has 0 aliphatic carbocycles. The number of aromatic nitrogens is 1. The molecule has 0 unspecified atom stereocenters. The van der Waals surface area contributed by atoms with Crippen molar-refractivity contribution in [1.82, 2.24) is 4.98 Å². The summed E-state index contributed by atoms with van der Waals surface area (Å²) in [6.45, 7) is 0. The van der Waals surface area contributed by atoms with Gasteiger partial charge in [0, 0.05) is 11.9 Å². The van der Waals surface area contributed by atoms with Crippen LogP contribution in [0.5, 0.6) is 5.75 Å². The second-order valence-electron chi connectivity index (χ2n) is 5.31. The van der Waals surface area contributed by atoms with Crippen molar-refractivity contribution in [1.29, 1.82) is 0 Å². The third-order valence-electron chi connectivity index (χ3n) is 3.58. The second kappa shape index (κ2) is 8.08. The Morgan fingerprint density at radius 3 is 2.62 bits per heavy atom. The summed E-state index contributed by atoms with van der Waals surface area (Å²) in [4.78, 5) is 16.6. The van der Waals surface area contributed by atoms with Crippen LogP contribution in [0.1, 0.15) is 10.5 Å². The number of nitrogens with zero attached hydrogens (tertiary/aromatic N) is 1. The molecule has 1 aromatic heterocycles. The number of hydrogen-bond acceptors (Lipinski definition) is 4. The molecule has 0 aliphatic heterocycles. The van der Waals surface area contributed by atoms with E-state index in [-0.39, 0.29) is 11.6 Å². The lowest BCUT2D eigenvalue weighted by Crippen LogP contribution is -2.14. The average Bonchev–Trinajstić information content (AvgIpc) is 2.66. The van der Waals surface area contributed by atoms with Crippen LogP contribution in [0.3, 0.4) is 0 Å². The summed E-state index contributed by atoms with van der Waals surface area (Å²) in [5, 5.41) is 6.77. The molecule has 3 aromatic rings. The molecule has 26 heavy (non-hydrogen) atoms. The number of hydrogen-bond donors (Lipinski definition) is 2. The Labute approximate surface area is 160 Å². The van der Waals surface area contributed by atoms with Crippen molar-refractivity contribution < 1.29 is 9.53 Å². The Morgan fingerprint density at radius 2 is 1.81 bits per heavy atom. The second-order valence-corrected chi connectivity index (χ2v) is 6.10. The first-order chi connectivity index (χ1) is 12.6. The van der Waals surface area contributed by atoms with Crippen molar-refractivity contribution >= 4 is 46.2 Å². The van der Waals surface area contributed by atoms with Crippen LogP contribution in [0.25, 0.3) is 0 Å². The predicted molar refractivity (Wildman–Crippen MR) is 105 cm³/mol. The molecule has 0 atom stereocenters. The maximum absolute atomic E-state index is 12.5. The number of rotatable bonds is 5. The summed E-state index contributed by atoms with van der Waals surface area (Å²) < 4.78 is 5.23. The SMILES string of the molecule is COc1ccccc1NC(=O)c1cc(Nc2cccc(Cl)c2Cl)ccn1. The monoisotopic (exact) mass is 387 g/mol. The van der Waals surface area contributed by atoms with Gasteiger partial charge in [0.05, 0.1) is 28.5 Å². The van der Waals surface area contributed by atoms with Crippen LogP contribution < -0.4 is 15.4 Å². The van der Waals surface area contributed by atoms with Gasteiger partial charge in [-0.15, -0.1) is 0 Å². The van der Waals surface area contributed by atoms with Crippen molar-refractivity contribution in [3.63, 3.8) is 0 Å². The van der Waals surface area contributed by atoms with Gasteiger partial charge in [-0.1, -0.05) is 41.4 Å². The van der Waals surface area contributed by atoms with Gasteiger partial charge in [-0.05, 0) is 36.4 Å². The number of halogens is 2. The van der Waals surface area contributed by atoms with Gasteiger partial charge in [0.25, 0.3) is 5.91 Å². The van der Waals surface area contributed by atoms with Crippen molar-refractivity contribution in [3.05, 3.63) is 76.5 Å². The quantitative estimate of drug-likeness (QED) is 0.615. The predicted octanol–water partition coefficient (Wildman–Crippen LogP) is 5.39. The lowest BCUT2D eigenvalue weighted by Gasteiger charge is -2.11. The molecule has 2 aromatic carbocycles. The summed E-state index contributed by atoms with van der Waals surface area (Å²) in [5.41, 5.74) is 2.12. The lowest BCUT2D eigenvalue weighted by atomic mass is 10.2. The number of anilines is 3. The van der Waals surface area contributed by atoms with E-state index in [2.05, 4.69) is 15.6 Å². The third kappa shape index (κ3) is 4.07. The topological polar surface area (TPSA) is 63.2 Å². The molecule has 0 aliphatic rings. The number of nitrogens with one attached hydrogen (secondary N) is 2. The van der Waals surface area contributed by atoms with Gasteiger partial charge in [-0.25, -0.2) is 0 Å². The number of para-hydroxylation sites is 2. The number of methoxy groups -OCH3 is 1. The largest absolute Gasteiger partial charge is 0.495 e. The fourth-order valence-electron chi connectivity index (χ4n) is 2.32. The molecule has 0 saturated heterocycles. The highest BCUT2D eigenvalue weighted by Gasteiger charge is 2.12. The molecule has 7 heteroatoms. The molecule has 0 fully saturated rings. The molecule has 3 rings (SSSR count). The van der Waals surface area contributed by atoms with E-state index < -0.39 is 0 Å². The Balaban J connectivity index is 1.80. The Hall–Kier alpha value is -2.76. The van der Waals surface area contributed by atoms with Gasteiger partial charge in [0.15, 0.2) is 0 Å². The van der Waals surface area contributed by atoms with Gasteiger partial charge in [-0.2, -0.15) is 0 Å². The first-order valence-electron chi connectivity index (χ1n) is 7.70. The van der Waals surface area contributed by atoms with E-state index in [0.717, 1.165) is 0 Å². The average molecular weight is 388 g/mol. The summed E-state index contributed by atoms with van der Waals surface area (Å²) in [7, 11) is 1.54. The van der Waals surface area contributed by atoms with Crippen LogP contribution in [0, 0.1) is 0 Å². The highest BCUT2D eigenvalue weighted by Crippen LogP contribution is 2.31. The highest BCUT2D eigenvalue weighted by molar-refractivity contribution is 6.43. The third-order valence-corrected chi connectivity index (χ3v) is 4.40. The van der Waals surface area contributed by atoms with Gasteiger partial charge in [-0.3, -0.25) is 9.78 Å². The molecule has 0 radical (unpaired) electrons. The Bertz CT molecular complexity index is 948. The van der Waals surface area contributed by atoms with Crippen molar-refractivity contribution in [2.75, 3.05) is 17.7 Å². The molecule has 2 N–H and O–H groups in total. The summed E-state index contributed by atoms with van der Waals surface area (Å²) in [5.74, 6) is 0.219. The number of ether oxygens (including phenoxy) is 1. The minimum atomic E-state index is -0.352. The molecule has 0 spiro atoms. The fourth-order valence-corrected chi connectivity index (χ4v) is 2.67. The molecule has 1 heterocycles. The molecular weight excluding hydrogens is 373 g/mol. The molecule has 132 valence electrons. The Kier molecular flexibility index (Phi) is 5.61. The van der Waals surface area contributed by atoms with Crippen molar-refractivity contribution in [2.45, 2.75) is 0 Å². The van der Waals surface area contributed by atoms with Crippen LogP contribution in [-0.2, 0) is 0 Å². The normalized spacial score (nSPS) is 10.3. The molecule has 0 bridgehead atoms. The molecule has 5 nitrogen and oxygen atoms in total. The van der Waals surface area contributed by atoms with Gasteiger partial charge in [0.1, 0.15) is 11.4 Å². The van der Waals surface area contributed by atoms with Crippen LogP contribution >= 0.6 is 23.2 Å². The van der Waals surface area contributed by atoms with Crippen LogP contribution in [0.2, 0.25) is 10.0 Å². The molecular formula is C19H15Cl2N3O2. The zero-order chi connectivity index (χ0) is 18.5. The zero-order valence-corrected chi connectivity index (χ0v) is 15.3. The summed E-state index contributed by atoms with van der Waals surface area (Å²) in [6.07, 6.45) is 1.54. The van der Waals surface area contributed by atoms with E-state index in [1.807, 2.05) is 12.1 Å². The van der Waals surface area contributed by atoms with E-state index in [0.29, 0.717) is 32.9 Å². The van der Waals surface area contributed by atoms with E-state index in [4.69, 9.17) is 27.9 Å². The number of amides is 1. The van der Waals surface area contributed by atoms with Gasteiger partial charge < -0.3 is 15.4 Å². The minimum Gasteiger partial charge on any atom is -0.495 e. The standard InChI is InChI=1S/C19H15Cl2N3O2/c1-26-17-8-3-2-6-14(17)24-19(25)16-11-12(9-10-22-16)23-15-7-4-5-13(20)18(15)21/h2-11H,1H3,(H,22,23)(H,24,25).